The van der Waals surface area contributed by atoms with Gasteiger partial charge in [0.05, 0.1) is 7.11 Å². The summed E-state index contributed by atoms with van der Waals surface area (Å²) >= 11 is 0. The molecule has 4 rings (SSSR count). The predicted molar refractivity (Wildman–Crippen MR) is 122 cm³/mol. The molecule has 0 aromatic heterocycles. The van der Waals surface area contributed by atoms with Crippen LogP contribution < -0.4 is 24.3 Å². The van der Waals surface area contributed by atoms with Gasteiger partial charge in [-0.05, 0) is 79.4 Å². The van der Waals surface area contributed by atoms with Crippen molar-refractivity contribution in [2.45, 2.75) is 33.9 Å². The normalized spacial score (nSPS) is 11.9. The largest absolute Gasteiger partial charge is 0.496 e. The van der Waals surface area contributed by atoms with Crippen molar-refractivity contribution in [2.24, 2.45) is 0 Å². The zero-order valence-corrected chi connectivity index (χ0v) is 18.8. The third-order valence-electron chi connectivity index (χ3n) is 5.58. The molecule has 0 saturated carbocycles. The Kier molecular flexibility index (Phi) is 6.21. The fourth-order valence-electron chi connectivity index (χ4n) is 3.67. The zero-order valence-electron chi connectivity index (χ0n) is 18.8. The molecule has 0 bridgehead atoms. The number of carbonyl (C=O) groups is 1. The van der Waals surface area contributed by atoms with Gasteiger partial charge in [-0.3, -0.25) is 4.79 Å². The summed E-state index contributed by atoms with van der Waals surface area (Å²) in [5.41, 5.74) is 5.72. The minimum absolute atomic E-state index is 0.172. The zero-order chi connectivity index (χ0) is 22.7. The van der Waals surface area contributed by atoms with Gasteiger partial charge in [0.2, 0.25) is 6.79 Å². The molecule has 0 aliphatic carbocycles. The van der Waals surface area contributed by atoms with Crippen LogP contribution in [0.4, 0.5) is 0 Å². The first-order valence-corrected chi connectivity index (χ1v) is 10.5. The van der Waals surface area contributed by atoms with E-state index in [-0.39, 0.29) is 12.7 Å². The summed E-state index contributed by atoms with van der Waals surface area (Å²) in [6.45, 7) is 7.07. The van der Waals surface area contributed by atoms with Gasteiger partial charge in [-0.15, -0.1) is 0 Å². The molecule has 1 aliphatic heterocycles. The molecule has 0 radical (unpaired) electrons. The standard InChI is InChI=1S/C26H27NO5/c1-16-9-17(2)18(3)24(10-16)30-14-21-12-20(6-8-22(21)29-4)26(28)27-13-19-5-7-23-25(11-19)32-15-31-23/h5-12H,13-15H2,1-4H3,(H,27,28). The second-order valence-corrected chi connectivity index (χ2v) is 7.89. The predicted octanol–water partition coefficient (Wildman–Crippen LogP) is 4.86. The van der Waals surface area contributed by atoms with Gasteiger partial charge in [0.1, 0.15) is 18.1 Å². The third kappa shape index (κ3) is 4.64. The first kappa shape index (κ1) is 21.6. The molecule has 1 N–H and O–H groups in total. The highest BCUT2D eigenvalue weighted by atomic mass is 16.7. The molecule has 1 aliphatic rings. The first-order chi connectivity index (χ1) is 15.4. The molecule has 3 aromatic carbocycles. The van der Waals surface area contributed by atoms with Crippen LogP contribution in [0.5, 0.6) is 23.0 Å². The Labute approximate surface area is 188 Å². The van der Waals surface area contributed by atoms with Crippen LogP contribution in [0.3, 0.4) is 0 Å². The van der Waals surface area contributed by atoms with Crippen LogP contribution in [-0.2, 0) is 13.2 Å². The molecule has 1 amide bonds. The summed E-state index contributed by atoms with van der Waals surface area (Å²) in [5.74, 6) is 2.76. The number of aryl methyl sites for hydroxylation is 2. The van der Waals surface area contributed by atoms with Crippen molar-refractivity contribution >= 4 is 5.91 Å². The number of hydrogen-bond donors (Lipinski definition) is 1. The van der Waals surface area contributed by atoms with Crippen molar-refractivity contribution in [3.63, 3.8) is 0 Å². The molecule has 0 fully saturated rings. The van der Waals surface area contributed by atoms with Crippen LogP contribution in [0.15, 0.2) is 48.5 Å². The smallest absolute Gasteiger partial charge is 0.251 e. The molecule has 6 nitrogen and oxygen atoms in total. The van der Waals surface area contributed by atoms with Crippen molar-refractivity contribution in [1.29, 1.82) is 0 Å². The van der Waals surface area contributed by atoms with E-state index in [4.69, 9.17) is 18.9 Å². The van der Waals surface area contributed by atoms with E-state index in [1.807, 2.05) is 44.2 Å². The van der Waals surface area contributed by atoms with Gasteiger partial charge < -0.3 is 24.3 Å². The van der Waals surface area contributed by atoms with Crippen molar-refractivity contribution < 1.29 is 23.7 Å². The molecule has 6 heteroatoms. The summed E-state index contributed by atoms with van der Waals surface area (Å²) in [7, 11) is 1.61. The fraction of sp³-hybridized carbons (Fsp3) is 0.269. The van der Waals surface area contributed by atoms with Gasteiger partial charge in [-0.25, -0.2) is 0 Å². The Bertz CT molecular complexity index is 1160. The maximum atomic E-state index is 12.8. The SMILES string of the molecule is COc1ccc(C(=O)NCc2ccc3c(c2)OCO3)cc1COc1cc(C)cc(C)c1C. The number of benzene rings is 3. The molecule has 166 valence electrons. The van der Waals surface area contributed by atoms with Gasteiger partial charge in [0, 0.05) is 17.7 Å². The molecule has 0 spiro atoms. The average Bonchev–Trinajstić information content (AvgIpc) is 3.26. The Hall–Kier alpha value is -3.67. The number of rotatable bonds is 7. The first-order valence-electron chi connectivity index (χ1n) is 10.5. The molecule has 0 saturated heterocycles. The van der Waals surface area contributed by atoms with E-state index in [1.54, 1.807) is 19.2 Å². The summed E-state index contributed by atoms with van der Waals surface area (Å²) in [4.78, 5) is 12.8. The summed E-state index contributed by atoms with van der Waals surface area (Å²) in [6.07, 6.45) is 0. The number of carbonyl (C=O) groups excluding carboxylic acids is 1. The average molecular weight is 434 g/mol. The monoisotopic (exact) mass is 433 g/mol. The highest BCUT2D eigenvalue weighted by Crippen LogP contribution is 2.32. The molecule has 32 heavy (non-hydrogen) atoms. The number of methoxy groups -OCH3 is 1. The Morgan fingerprint density at radius 2 is 1.78 bits per heavy atom. The van der Waals surface area contributed by atoms with Crippen molar-refractivity contribution in [3.8, 4) is 23.0 Å². The van der Waals surface area contributed by atoms with E-state index in [1.165, 1.54) is 5.56 Å². The Morgan fingerprint density at radius 3 is 2.59 bits per heavy atom. The third-order valence-corrected chi connectivity index (χ3v) is 5.58. The molecule has 3 aromatic rings. The summed E-state index contributed by atoms with van der Waals surface area (Å²) < 4.78 is 22.3. The number of hydrogen-bond acceptors (Lipinski definition) is 5. The topological polar surface area (TPSA) is 66.0 Å². The van der Waals surface area contributed by atoms with Gasteiger partial charge in [-0.2, -0.15) is 0 Å². The molecule has 0 atom stereocenters. The highest BCUT2D eigenvalue weighted by molar-refractivity contribution is 5.94. The molecule has 0 unspecified atom stereocenters. The lowest BCUT2D eigenvalue weighted by Gasteiger charge is -2.15. The van der Waals surface area contributed by atoms with Crippen LogP contribution in [0, 0.1) is 20.8 Å². The Balaban J connectivity index is 1.45. The van der Waals surface area contributed by atoms with E-state index >= 15 is 0 Å². The van der Waals surface area contributed by atoms with Gasteiger partial charge in [-0.1, -0.05) is 12.1 Å². The minimum Gasteiger partial charge on any atom is -0.496 e. The second kappa shape index (κ2) is 9.22. The van der Waals surface area contributed by atoms with E-state index in [2.05, 4.69) is 18.3 Å². The van der Waals surface area contributed by atoms with Crippen LogP contribution >= 0.6 is 0 Å². The van der Waals surface area contributed by atoms with Crippen LogP contribution in [0.2, 0.25) is 0 Å². The van der Waals surface area contributed by atoms with Crippen molar-refractivity contribution in [3.05, 3.63) is 81.9 Å². The number of amides is 1. The maximum absolute atomic E-state index is 12.8. The molecular weight excluding hydrogens is 406 g/mol. The number of fused-ring (bicyclic) bond motifs is 1. The van der Waals surface area contributed by atoms with Crippen LogP contribution in [0.1, 0.15) is 38.2 Å². The summed E-state index contributed by atoms with van der Waals surface area (Å²) in [6, 6.07) is 15.1. The molecule has 1 heterocycles. The number of nitrogens with one attached hydrogen (secondary N) is 1. The fourth-order valence-corrected chi connectivity index (χ4v) is 3.67. The summed E-state index contributed by atoms with van der Waals surface area (Å²) in [5, 5.41) is 2.95. The lowest BCUT2D eigenvalue weighted by molar-refractivity contribution is 0.0950. The minimum atomic E-state index is -0.172. The highest BCUT2D eigenvalue weighted by Gasteiger charge is 2.15. The van der Waals surface area contributed by atoms with Gasteiger partial charge in [0.15, 0.2) is 11.5 Å². The maximum Gasteiger partial charge on any atom is 0.251 e. The van der Waals surface area contributed by atoms with Gasteiger partial charge >= 0.3 is 0 Å². The van der Waals surface area contributed by atoms with Crippen molar-refractivity contribution in [1.82, 2.24) is 5.32 Å². The second-order valence-electron chi connectivity index (χ2n) is 7.89. The number of ether oxygens (including phenoxy) is 4. The molecular formula is C26H27NO5. The van der Waals surface area contributed by atoms with E-state index in [9.17, 15) is 4.79 Å². The lowest BCUT2D eigenvalue weighted by Crippen LogP contribution is -2.23. The lowest BCUT2D eigenvalue weighted by atomic mass is 10.1. The van der Waals surface area contributed by atoms with Gasteiger partial charge in [0.25, 0.3) is 5.91 Å². The van der Waals surface area contributed by atoms with E-state index in [0.717, 1.165) is 33.8 Å². The van der Waals surface area contributed by atoms with Crippen LogP contribution in [-0.4, -0.2) is 19.8 Å². The van der Waals surface area contributed by atoms with E-state index < -0.39 is 0 Å². The van der Waals surface area contributed by atoms with Crippen molar-refractivity contribution in [2.75, 3.05) is 13.9 Å². The van der Waals surface area contributed by atoms with Crippen LogP contribution in [0.25, 0.3) is 0 Å². The Morgan fingerprint density at radius 1 is 0.969 bits per heavy atom. The van der Waals surface area contributed by atoms with E-state index in [0.29, 0.717) is 30.2 Å². The quantitative estimate of drug-likeness (QED) is 0.577.